The van der Waals surface area contributed by atoms with Gasteiger partial charge >= 0.3 is 0 Å². The van der Waals surface area contributed by atoms with Crippen molar-refractivity contribution in [1.82, 2.24) is 25.3 Å². The molecule has 3 aromatic rings. The van der Waals surface area contributed by atoms with E-state index in [1.165, 1.54) is 18.1 Å². The van der Waals surface area contributed by atoms with Gasteiger partial charge in [0, 0.05) is 5.02 Å². The Morgan fingerprint density at radius 1 is 1.30 bits per heavy atom. The van der Waals surface area contributed by atoms with Crippen LogP contribution in [0.4, 0.5) is 0 Å². The summed E-state index contributed by atoms with van der Waals surface area (Å²) in [5, 5.41) is 4.34. The third kappa shape index (κ3) is 3.80. The number of rotatable bonds is 5. The number of amides is 1. The fraction of sp³-hybridized carbons (Fsp3) is 0.200. The molecule has 3 rings (SSSR count). The Bertz CT molecular complexity index is 820. The van der Waals surface area contributed by atoms with Crippen LogP contribution in [0.5, 0.6) is 0 Å². The number of benzene rings is 1. The Labute approximate surface area is 142 Å². The van der Waals surface area contributed by atoms with E-state index in [9.17, 15) is 4.79 Å². The summed E-state index contributed by atoms with van der Waals surface area (Å²) in [4.78, 5) is 27.4. The summed E-state index contributed by atoms with van der Waals surface area (Å²) in [7, 11) is 0. The minimum Gasteiger partial charge on any atom is -0.349 e. The normalized spacial score (nSPS) is 12.3. The van der Waals surface area contributed by atoms with Gasteiger partial charge in [0.1, 0.15) is 16.9 Å². The third-order valence-electron chi connectivity index (χ3n) is 3.28. The molecule has 118 valence electrons. The van der Waals surface area contributed by atoms with E-state index in [0.29, 0.717) is 15.7 Å². The molecule has 1 aromatic carbocycles. The maximum Gasteiger partial charge on any atom is 0.230 e. The van der Waals surface area contributed by atoms with E-state index in [1.807, 2.05) is 31.2 Å². The van der Waals surface area contributed by atoms with Gasteiger partial charge in [-0.25, -0.2) is 15.0 Å². The Hall–Kier alpha value is -2.12. The molecule has 2 heterocycles. The SMILES string of the molecule is C[C@H](NC(=O)CSc1ncnc2nc[nH]c12)c1ccc(Cl)cc1. The standard InChI is InChI=1S/C15H14ClN5OS/c1-9(10-2-4-11(16)5-3-10)21-12(22)6-23-15-13-14(18-7-17-13)19-8-20-15/h2-5,7-9H,6H2,1H3,(H,21,22)(H,17,18,19,20)/t9-/m0/s1. The second-order valence-corrected chi connectivity index (χ2v) is 6.31. The number of thioether (sulfide) groups is 1. The maximum absolute atomic E-state index is 12.1. The first-order chi connectivity index (χ1) is 11.1. The molecule has 0 saturated heterocycles. The fourth-order valence-electron chi connectivity index (χ4n) is 2.10. The van der Waals surface area contributed by atoms with E-state index in [4.69, 9.17) is 11.6 Å². The van der Waals surface area contributed by atoms with E-state index in [0.717, 1.165) is 11.1 Å². The van der Waals surface area contributed by atoms with Gasteiger partial charge < -0.3 is 10.3 Å². The Morgan fingerprint density at radius 2 is 2.09 bits per heavy atom. The van der Waals surface area contributed by atoms with Crippen LogP contribution in [0.3, 0.4) is 0 Å². The minimum atomic E-state index is -0.0852. The molecule has 0 fully saturated rings. The smallest absolute Gasteiger partial charge is 0.230 e. The topological polar surface area (TPSA) is 83.6 Å². The number of aromatic nitrogens is 4. The van der Waals surface area contributed by atoms with Crippen molar-refractivity contribution in [2.75, 3.05) is 5.75 Å². The zero-order chi connectivity index (χ0) is 16.2. The Balaban J connectivity index is 1.59. The van der Waals surface area contributed by atoms with Gasteiger partial charge in [0.05, 0.1) is 18.1 Å². The molecule has 2 N–H and O–H groups in total. The highest BCUT2D eigenvalue weighted by Crippen LogP contribution is 2.22. The second kappa shape index (κ2) is 6.97. The van der Waals surface area contributed by atoms with Crippen LogP contribution in [-0.2, 0) is 4.79 Å². The maximum atomic E-state index is 12.1. The van der Waals surface area contributed by atoms with Gasteiger partial charge in [-0.3, -0.25) is 4.79 Å². The lowest BCUT2D eigenvalue weighted by atomic mass is 10.1. The first-order valence-electron chi connectivity index (χ1n) is 6.95. The van der Waals surface area contributed by atoms with Crippen LogP contribution in [0.1, 0.15) is 18.5 Å². The van der Waals surface area contributed by atoms with E-state index < -0.39 is 0 Å². The van der Waals surface area contributed by atoms with Gasteiger partial charge in [0.15, 0.2) is 5.65 Å². The highest BCUT2D eigenvalue weighted by molar-refractivity contribution is 8.00. The molecule has 6 nitrogen and oxygen atoms in total. The molecule has 0 unspecified atom stereocenters. The van der Waals surface area contributed by atoms with Crippen molar-refractivity contribution < 1.29 is 4.79 Å². The van der Waals surface area contributed by atoms with Gasteiger partial charge in [-0.1, -0.05) is 35.5 Å². The quantitative estimate of drug-likeness (QED) is 0.547. The summed E-state index contributed by atoms with van der Waals surface area (Å²) in [6.07, 6.45) is 3.01. The molecule has 0 bridgehead atoms. The number of H-pyrrole nitrogens is 1. The van der Waals surface area contributed by atoms with Crippen LogP contribution in [0.15, 0.2) is 41.9 Å². The average molecular weight is 348 g/mol. The van der Waals surface area contributed by atoms with Crippen LogP contribution in [0.25, 0.3) is 11.2 Å². The molecule has 2 aromatic heterocycles. The van der Waals surface area contributed by atoms with Crippen molar-refractivity contribution in [3.8, 4) is 0 Å². The summed E-state index contributed by atoms with van der Waals surface area (Å²) in [6.45, 7) is 1.93. The van der Waals surface area contributed by atoms with Crippen molar-refractivity contribution in [1.29, 1.82) is 0 Å². The molecular formula is C15H14ClN5OS. The number of halogens is 1. The number of hydrogen-bond donors (Lipinski definition) is 2. The van der Waals surface area contributed by atoms with Crippen molar-refractivity contribution >= 4 is 40.4 Å². The van der Waals surface area contributed by atoms with Gasteiger partial charge in [-0.2, -0.15) is 0 Å². The summed E-state index contributed by atoms with van der Waals surface area (Å²) in [5.41, 5.74) is 2.35. The number of hydrogen-bond acceptors (Lipinski definition) is 5. The molecule has 0 aliphatic heterocycles. The molecule has 1 atom stereocenters. The number of carbonyl (C=O) groups is 1. The van der Waals surface area contributed by atoms with Gasteiger partial charge in [-0.15, -0.1) is 0 Å². The number of aromatic amines is 1. The van der Waals surface area contributed by atoms with Crippen LogP contribution in [0.2, 0.25) is 5.02 Å². The summed E-state index contributed by atoms with van der Waals surface area (Å²) >= 11 is 7.21. The lowest BCUT2D eigenvalue weighted by molar-refractivity contribution is -0.119. The lowest BCUT2D eigenvalue weighted by Crippen LogP contribution is -2.28. The van der Waals surface area contributed by atoms with E-state index >= 15 is 0 Å². The van der Waals surface area contributed by atoms with E-state index in [2.05, 4.69) is 25.3 Å². The molecule has 0 spiro atoms. The largest absolute Gasteiger partial charge is 0.349 e. The van der Waals surface area contributed by atoms with Gasteiger partial charge in [0.2, 0.25) is 5.91 Å². The molecule has 8 heteroatoms. The van der Waals surface area contributed by atoms with Crippen molar-refractivity contribution in [2.24, 2.45) is 0 Å². The van der Waals surface area contributed by atoms with Crippen LogP contribution >= 0.6 is 23.4 Å². The molecule has 0 radical (unpaired) electrons. The van der Waals surface area contributed by atoms with Crippen LogP contribution < -0.4 is 5.32 Å². The third-order valence-corrected chi connectivity index (χ3v) is 4.52. The van der Waals surface area contributed by atoms with Crippen LogP contribution in [-0.4, -0.2) is 31.6 Å². The van der Waals surface area contributed by atoms with E-state index in [-0.39, 0.29) is 17.7 Å². The van der Waals surface area contributed by atoms with E-state index in [1.54, 1.807) is 6.33 Å². The molecule has 0 aliphatic rings. The zero-order valence-corrected chi connectivity index (χ0v) is 13.9. The first-order valence-corrected chi connectivity index (χ1v) is 8.31. The Kier molecular flexibility index (Phi) is 4.78. The number of nitrogens with zero attached hydrogens (tertiary/aromatic N) is 3. The number of carbonyl (C=O) groups excluding carboxylic acids is 1. The predicted octanol–water partition coefficient (Wildman–Crippen LogP) is 2.98. The van der Waals surface area contributed by atoms with Crippen LogP contribution in [0, 0.1) is 0 Å². The minimum absolute atomic E-state index is 0.0660. The molecule has 23 heavy (non-hydrogen) atoms. The highest BCUT2D eigenvalue weighted by atomic mass is 35.5. The summed E-state index contributed by atoms with van der Waals surface area (Å²) < 4.78 is 0. The molecular weight excluding hydrogens is 334 g/mol. The summed E-state index contributed by atoms with van der Waals surface area (Å²) in [5.74, 6) is 0.201. The fourth-order valence-corrected chi connectivity index (χ4v) is 3.00. The molecule has 0 aliphatic carbocycles. The summed E-state index contributed by atoms with van der Waals surface area (Å²) in [6, 6.07) is 7.34. The van der Waals surface area contributed by atoms with Crippen molar-refractivity contribution in [2.45, 2.75) is 18.0 Å². The van der Waals surface area contributed by atoms with Crippen molar-refractivity contribution in [3.05, 3.63) is 47.5 Å². The van der Waals surface area contributed by atoms with Gasteiger partial charge in [-0.05, 0) is 24.6 Å². The highest BCUT2D eigenvalue weighted by Gasteiger charge is 2.12. The Morgan fingerprint density at radius 3 is 2.87 bits per heavy atom. The number of imidazole rings is 1. The monoisotopic (exact) mass is 347 g/mol. The number of nitrogens with one attached hydrogen (secondary N) is 2. The molecule has 0 saturated carbocycles. The second-order valence-electron chi connectivity index (χ2n) is 4.91. The average Bonchev–Trinajstić information content (AvgIpc) is 3.02. The first kappa shape index (κ1) is 15.8. The zero-order valence-electron chi connectivity index (χ0n) is 12.3. The van der Waals surface area contributed by atoms with Crippen molar-refractivity contribution in [3.63, 3.8) is 0 Å². The number of fused-ring (bicyclic) bond motifs is 1. The van der Waals surface area contributed by atoms with Gasteiger partial charge in [0.25, 0.3) is 0 Å². The molecule has 1 amide bonds. The lowest BCUT2D eigenvalue weighted by Gasteiger charge is -2.14. The predicted molar refractivity (Wildman–Crippen MR) is 90.4 cm³/mol.